The summed E-state index contributed by atoms with van der Waals surface area (Å²) in [4.78, 5) is 23.0. The molecule has 3 aromatic rings. The monoisotopic (exact) mass is 534 g/mol. The number of piperidine rings is 1. The van der Waals surface area contributed by atoms with E-state index >= 15 is 0 Å². The Kier molecular flexibility index (Phi) is 12.0. The number of nitrogens with one attached hydrogen (secondary N) is 1. The molecule has 1 aliphatic rings. The van der Waals surface area contributed by atoms with Gasteiger partial charge in [0.15, 0.2) is 12.2 Å². The number of aryl methyl sites for hydroxylation is 2. The van der Waals surface area contributed by atoms with Crippen LogP contribution >= 0.6 is 0 Å². The Morgan fingerprint density at radius 2 is 1.15 bits per heavy atom. The van der Waals surface area contributed by atoms with Crippen molar-refractivity contribution in [3.8, 4) is 0 Å². The summed E-state index contributed by atoms with van der Waals surface area (Å²) in [7, 11) is 0. The Bertz CT molecular complexity index is 1080. The molecule has 1 heterocycles. The van der Waals surface area contributed by atoms with Gasteiger partial charge in [-0.2, -0.15) is 0 Å². The van der Waals surface area contributed by atoms with Crippen LogP contribution in [0.2, 0.25) is 0 Å². The molecule has 4 rings (SSSR count). The van der Waals surface area contributed by atoms with Crippen LogP contribution in [0.5, 0.6) is 0 Å². The number of carboxylic acids is 2. The quantitative estimate of drug-likeness (QED) is 0.298. The van der Waals surface area contributed by atoms with Crippen molar-refractivity contribution in [1.29, 1.82) is 0 Å². The van der Waals surface area contributed by atoms with Crippen molar-refractivity contribution in [3.05, 3.63) is 101 Å². The highest BCUT2D eigenvalue weighted by Gasteiger charge is 2.36. The molecular weight excluding hydrogens is 496 g/mol. The number of anilines is 1. The van der Waals surface area contributed by atoms with Crippen molar-refractivity contribution < 1.29 is 29.3 Å². The summed E-state index contributed by atoms with van der Waals surface area (Å²) in [6, 6.07) is 25.1. The SMILES string of the molecule is Cc1ccc(CO[C@@H](C(=O)O)[C@@H](OCc2ccc(C)cc2)C(=O)O)cc1.c1ccc(NN2CCCCC2)cc1. The van der Waals surface area contributed by atoms with E-state index < -0.39 is 24.1 Å². The maximum absolute atomic E-state index is 11.5. The Balaban J connectivity index is 0.000000268. The van der Waals surface area contributed by atoms with E-state index in [0.29, 0.717) is 0 Å². The molecule has 0 spiro atoms. The predicted octanol–water partition coefficient (Wildman–Crippen LogP) is 5.44. The van der Waals surface area contributed by atoms with E-state index in [2.05, 4.69) is 34.7 Å². The molecule has 3 aromatic carbocycles. The number of nitrogens with zero attached hydrogens (tertiary/aromatic N) is 1. The fourth-order valence-corrected chi connectivity index (χ4v) is 4.02. The van der Waals surface area contributed by atoms with Gasteiger partial charge < -0.3 is 25.1 Å². The van der Waals surface area contributed by atoms with Crippen molar-refractivity contribution in [2.75, 3.05) is 18.5 Å². The molecule has 1 aliphatic heterocycles. The standard InChI is InChI=1S/C20H22O6.C11H16N2/c1-13-3-7-15(8-4-13)11-25-17(19(21)22)18(20(23)24)26-12-16-9-5-14(2)6-10-16;1-3-7-11(8-4-1)12-13-9-5-2-6-10-13/h3-10,17-18H,11-12H2,1-2H3,(H,21,22)(H,23,24);1,3-4,7-8,12H,2,5-6,9-10H2/t17-,18-;/m1./s1. The summed E-state index contributed by atoms with van der Waals surface area (Å²) in [5.41, 5.74) is 8.25. The zero-order chi connectivity index (χ0) is 28.0. The van der Waals surface area contributed by atoms with Gasteiger partial charge in [0.1, 0.15) is 0 Å². The number of hydrazine groups is 1. The number of rotatable bonds is 11. The molecule has 1 fully saturated rings. The van der Waals surface area contributed by atoms with Crippen LogP contribution in [0.3, 0.4) is 0 Å². The van der Waals surface area contributed by atoms with Crippen LogP contribution in [0.4, 0.5) is 5.69 Å². The number of para-hydroxylation sites is 1. The molecule has 8 heteroatoms. The zero-order valence-electron chi connectivity index (χ0n) is 22.6. The number of hydrogen-bond acceptors (Lipinski definition) is 6. The summed E-state index contributed by atoms with van der Waals surface area (Å²) in [6.45, 7) is 6.18. The molecule has 39 heavy (non-hydrogen) atoms. The first-order valence-electron chi connectivity index (χ1n) is 13.2. The van der Waals surface area contributed by atoms with Crippen molar-refractivity contribution in [1.82, 2.24) is 5.01 Å². The summed E-state index contributed by atoms with van der Waals surface area (Å²) in [5.74, 6) is -2.76. The van der Waals surface area contributed by atoms with Gasteiger partial charge in [-0.15, -0.1) is 0 Å². The molecule has 0 amide bonds. The third-order valence-electron chi connectivity index (χ3n) is 6.28. The summed E-state index contributed by atoms with van der Waals surface area (Å²) in [5, 5.41) is 21.1. The van der Waals surface area contributed by atoms with E-state index in [0.717, 1.165) is 22.3 Å². The van der Waals surface area contributed by atoms with E-state index in [1.54, 1.807) is 24.3 Å². The molecule has 0 unspecified atom stereocenters. The molecule has 0 aromatic heterocycles. The van der Waals surface area contributed by atoms with Gasteiger partial charge in [0.2, 0.25) is 0 Å². The van der Waals surface area contributed by atoms with Crippen LogP contribution in [-0.4, -0.2) is 52.5 Å². The van der Waals surface area contributed by atoms with Crippen LogP contribution in [0, 0.1) is 13.8 Å². The molecular formula is C31H38N2O6. The number of carbonyl (C=O) groups is 2. The molecule has 8 nitrogen and oxygen atoms in total. The first-order chi connectivity index (χ1) is 18.8. The molecule has 0 radical (unpaired) electrons. The smallest absolute Gasteiger partial charge is 0.336 e. The molecule has 208 valence electrons. The van der Waals surface area contributed by atoms with Crippen molar-refractivity contribution in [2.45, 2.75) is 58.5 Å². The zero-order valence-corrected chi connectivity index (χ0v) is 22.6. The minimum atomic E-state index is -1.61. The number of aliphatic carboxylic acids is 2. The van der Waals surface area contributed by atoms with E-state index in [-0.39, 0.29) is 13.2 Å². The Hall–Kier alpha value is -3.72. The molecule has 1 saturated heterocycles. The number of benzene rings is 3. The lowest BCUT2D eigenvalue weighted by molar-refractivity contribution is -0.179. The second kappa shape index (κ2) is 15.6. The van der Waals surface area contributed by atoms with Crippen LogP contribution < -0.4 is 5.43 Å². The summed E-state index contributed by atoms with van der Waals surface area (Å²) in [6.07, 6.45) is 0.797. The van der Waals surface area contributed by atoms with Crippen molar-refractivity contribution in [2.24, 2.45) is 0 Å². The van der Waals surface area contributed by atoms with Gasteiger partial charge in [-0.1, -0.05) is 84.3 Å². The summed E-state index contributed by atoms with van der Waals surface area (Å²) < 4.78 is 10.7. The first-order valence-corrected chi connectivity index (χ1v) is 13.2. The van der Waals surface area contributed by atoms with Gasteiger partial charge in [0, 0.05) is 18.8 Å². The third-order valence-corrected chi connectivity index (χ3v) is 6.28. The third kappa shape index (κ3) is 10.5. The van der Waals surface area contributed by atoms with E-state index in [4.69, 9.17) is 9.47 Å². The van der Waals surface area contributed by atoms with Crippen LogP contribution in [0.1, 0.15) is 41.5 Å². The summed E-state index contributed by atoms with van der Waals surface area (Å²) >= 11 is 0. The molecule has 3 N–H and O–H groups in total. The maximum Gasteiger partial charge on any atom is 0.336 e. The fraction of sp³-hybridized carbons (Fsp3) is 0.355. The van der Waals surface area contributed by atoms with Crippen LogP contribution in [-0.2, 0) is 32.3 Å². The minimum absolute atomic E-state index is 0.0189. The first kappa shape index (κ1) is 29.8. The van der Waals surface area contributed by atoms with E-state index in [1.807, 2.05) is 44.2 Å². The van der Waals surface area contributed by atoms with Crippen molar-refractivity contribution >= 4 is 17.6 Å². The molecule has 0 bridgehead atoms. The highest BCUT2D eigenvalue weighted by molar-refractivity contribution is 5.83. The van der Waals surface area contributed by atoms with E-state index in [1.165, 1.54) is 38.0 Å². The second-order valence-electron chi connectivity index (χ2n) is 9.64. The lowest BCUT2D eigenvalue weighted by atomic mass is 10.1. The lowest BCUT2D eigenvalue weighted by Crippen LogP contribution is -2.43. The topological polar surface area (TPSA) is 108 Å². The van der Waals surface area contributed by atoms with Gasteiger partial charge in [-0.3, -0.25) is 0 Å². The lowest BCUT2D eigenvalue weighted by Gasteiger charge is -2.27. The minimum Gasteiger partial charge on any atom is -0.479 e. The van der Waals surface area contributed by atoms with E-state index in [9.17, 15) is 19.8 Å². The number of hydrogen-bond donors (Lipinski definition) is 3. The maximum atomic E-state index is 11.5. The number of carboxylic acid groups (broad SMARTS) is 2. The normalized spacial score (nSPS) is 14.9. The van der Waals surface area contributed by atoms with Gasteiger partial charge in [0.25, 0.3) is 0 Å². The van der Waals surface area contributed by atoms with Gasteiger partial charge >= 0.3 is 11.9 Å². The van der Waals surface area contributed by atoms with Crippen LogP contribution in [0.25, 0.3) is 0 Å². The highest BCUT2D eigenvalue weighted by atomic mass is 16.6. The van der Waals surface area contributed by atoms with Gasteiger partial charge in [-0.25, -0.2) is 14.6 Å². The Morgan fingerprint density at radius 3 is 1.56 bits per heavy atom. The second-order valence-corrected chi connectivity index (χ2v) is 9.64. The molecule has 2 atom stereocenters. The molecule has 0 aliphatic carbocycles. The van der Waals surface area contributed by atoms with Gasteiger partial charge in [-0.05, 0) is 49.9 Å². The van der Waals surface area contributed by atoms with Crippen molar-refractivity contribution in [3.63, 3.8) is 0 Å². The van der Waals surface area contributed by atoms with Crippen LogP contribution in [0.15, 0.2) is 78.9 Å². The average Bonchev–Trinajstić information content (AvgIpc) is 2.93. The Labute approximate surface area is 230 Å². The Morgan fingerprint density at radius 1 is 0.718 bits per heavy atom. The number of ether oxygens (including phenoxy) is 2. The fourth-order valence-electron chi connectivity index (χ4n) is 4.02. The molecule has 0 saturated carbocycles. The van der Waals surface area contributed by atoms with Gasteiger partial charge in [0.05, 0.1) is 13.2 Å². The largest absolute Gasteiger partial charge is 0.479 e. The average molecular weight is 535 g/mol. The highest BCUT2D eigenvalue weighted by Crippen LogP contribution is 2.14. The predicted molar refractivity (Wildman–Crippen MR) is 150 cm³/mol.